The van der Waals surface area contributed by atoms with E-state index >= 15 is 0 Å². The van der Waals surface area contributed by atoms with Crippen LogP contribution in [-0.4, -0.2) is 49.9 Å². The van der Waals surface area contributed by atoms with Crippen LogP contribution in [-0.2, 0) is 9.47 Å². The number of pyridine rings is 1. The molecule has 0 aromatic carbocycles. The highest BCUT2D eigenvalue weighted by Gasteiger charge is 2.19. The molecule has 2 heterocycles. The van der Waals surface area contributed by atoms with E-state index in [1.54, 1.807) is 26.6 Å². The Hall–Kier alpha value is -1.70. The summed E-state index contributed by atoms with van der Waals surface area (Å²) in [6, 6.07) is 3.88. The average molecular weight is 308 g/mol. The smallest absolute Gasteiger partial charge is 0.147 e. The van der Waals surface area contributed by atoms with Gasteiger partial charge < -0.3 is 20.1 Å². The van der Waals surface area contributed by atoms with E-state index in [-0.39, 0.29) is 0 Å². The van der Waals surface area contributed by atoms with Crippen LogP contribution in [0.25, 0.3) is 11.1 Å². The number of methoxy groups -OCH3 is 2. The minimum Gasteiger partial charge on any atom is -0.383 e. The number of aromatic nitrogens is 2. The van der Waals surface area contributed by atoms with E-state index in [2.05, 4.69) is 14.3 Å². The Labute approximate surface area is 128 Å². The molecule has 0 spiro atoms. The quantitative estimate of drug-likeness (QED) is 0.803. The zero-order valence-corrected chi connectivity index (χ0v) is 13.1. The number of nitrogen functional groups attached to an aromatic ring is 1. The lowest BCUT2D eigenvalue weighted by Gasteiger charge is -2.23. The highest BCUT2D eigenvalue weighted by atomic mass is 32.1. The Morgan fingerprint density at radius 1 is 1.14 bits per heavy atom. The molecule has 21 heavy (non-hydrogen) atoms. The van der Waals surface area contributed by atoms with Crippen molar-refractivity contribution in [3.05, 3.63) is 24.5 Å². The largest absolute Gasteiger partial charge is 0.383 e. The van der Waals surface area contributed by atoms with E-state index in [1.165, 1.54) is 11.5 Å². The van der Waals surface area contributed by atoms with Gasteiger partial charge in [-0.15, -0.1) is 0 Å². The summed E-state index contributed by atoms with van der Waals surface area (Å²) in [6.07, 6.45) is 3.51. The second-order valence-corrected chi connectivity index (χ2v) is 5.21. The van der Waals surface area contributed by atoms with Crippen molar-refractivity contribution in [2.24, 2.45) is 0 Å². The molecular weight excluding hydrogens is 288 g/mol. The normalized spacial score (nSPS) is 10.8. The van der Waals surface area contributed by atoms with Gasteiger partial charge in [-0.3, -0.25) is 4.98 Å². The van der Waals surface area contributed by atoms with E-state index in [9.17, 15) is 0 Å². The van der Waals surface area contributed by atoms with Crippen LogP contribution in [0.4, 0.5) is 10.8 Å². The molecule has 0 unspecified atom stereocenters. The Bertz CT molecular complexity index is 539. The summed E-state index contributed by atoms with van der Waals surface area (Å²) in [5, 5.41) is 1.04. The van der Waals surface area contributed by atoms with Gasteiger partial charge in [0.05, 0.1) is 18.8 Å². The molecule has 2 aromatic rings. The van der Waals surface area contributed by atoms with E-state index < -0.39 is 0 Å². The fourth-order valence-corrected chi connectivity index (χ4v) is 2.90. The van der Waals surface area contributed by atoms with Crippen LogP contribution < -0.4 is 10.6 Å². The molecule has 0 aliphatic rings. The number of nitrogens with zero attached hydrogens (tertiary/aromatic N) is 3. The third-order valence-corrected chi connectivity index (χ3v) is 4.01. The van der Waals surface area contributed by atoms with E-state index in [4.69, 9.17) is 15.2 Å². The molecule has 7 heteroatoms. The zero-order valence-electron chi connectivity index (χ0n) is 12.3. The minimum absolute atomic E-state index is 0.543. The van der Waals surface area contributed by atoms with Gasteiger partial charge in [-0.2, -0.15) is 4.37 Å². The van der Waals surface area contributed by atoms with Gasteiger partial charge in [-0.1, -0.05) is 0 Å². The van der Waals surface area contributed by atoms with Crippen LogP contribution in [0.2, 0.25) is 0 Å². The molecule has 0 atom stereocenters. The summed E-state index contributed by atoms with van der Waals surface area (Å²) in [4.78, 5) is 6.24. The Morgan fingerprint density at radius 3 is 2.33 bits per heavy atom. The molecule has 0 aliphatic carbocycles. The molecular formula is C14H20N4O2S. The molecule has 6 nitrogen and oxygen atoms in total. The standard InChI is InChI=1S/C14H20N4O2S/c1-19-9-7-18(8-10-20-2)14-12(13(15)17-21-14)11-3-5-16-6-4-11/h3-6H,7-10H2,1-2H3,(H2,15,17). The summed E-state index contributed by atoms with van der Waals surface area (Å²) in [6.45, 7) is 2.80. The molecule has 0 bridgehead atoms. The summed E-state index contributed by atoms with van der Waals surface area (Å²) in [7, 11) is 3.39. The Kier molecular flexibility index (Phi) is 5.91. The maximum absolute atomic E-state index is 6.06. The fourth-order valence-electron chi connectivity index (χ4n) is 2.02. The first kappa shape index (κ1) is 15.7. The van der Waals surface area contributed by atoms with Crippen molar-refractivity contribution in [2.75, 3.05) is 51.2 Å². The molecule has 0 amide bonds. The lowest BCUT2D eigenvalue weighted by molar-refractivity contribution is 0.190. The van der Waals surface area contributed by atoms with Crippen LogP contribution >= 0.6 is 11.5 Å². The number of nitrogens with two attached hydrogens (primary N) is 1. The minimum atomic E-state index is 0.543. The van der Waals surface area contributed by atoms with Gasteiger partial charge in [-0.25, -0.2) is 0 Å². The van der Waals surface area contributed by atoms with Crippen LogP contribution in [0.5, 0.6) is 0 Å². The second kappa shape index (κ2) is 7.92. The molecule has 0 saturated carbocycles. The van der Waals surface area contributed by atoms with E-state index in [0.29, 0.717) is 19.0 Å². The predicted octanol–water partition coefficient (Wildman–Crippen LogP) is 1.89. The molecule has 0 radical (unpaired) electrons. The molecule has 2 rings (SSSR count). The van der Waals surface area contributed by atoms with Gasteiger partial charge in [0.15, 0.2) is 0 Å². The molecule has 0 aliphatic heterocycles. The van der Waals surface area contributed by atoms with Gasteiger partial charge in [0.2, 0.25) is 0 Å². The van der Waals surface area contributed by atoms with Gasteiger partial charge in [0.25, 0.3) is 0 Å². The molecule has 2 N–H and O–H groups in total. The lowest BCUT2D eigenvalue weighted by atomic mass is 10.1. The van der Waals surface area contributed by atoms with Crippen LogP contribution in [0.3, 0.4) is 0 Å². The predicted molar refractivity (Wildman–Crippen MR) is 85.7 cm³/mol. The molecule has 114 valence electrons. The first-order valence-corrected chi connectivity index (χ1v) is 7.43. The van der Waals surface area contributed by atoms with Crippen molar-refractivity contribution in [2.45, 2.75) is 0 Å². The SMILES string of the molecule is COCCN(CCOC)c1snc(N)c1-c1ccncc1. The monoisotopic (exact) mass is 308 g/mol. The van der Waals surface area contributed by atoms with Gasteiger partial charge in [0.1, 0.15) is 10.8 Å². The first-order chi connectivity index (χ1) is 10.3. The van der Waals surface area contributed by atoms with Gasteiger partial charge in [-0.05, 0) is 29.2 Å². The van der Waals surface area contributed by atoms with Crippen LogP contribution in [0.1, 0.15) is 0 Å². The maximum atomic E-state index is 6.06. The van der Waals surface area contributed by atoms with Gasteiger partial charge in [0, 0.05) is 39.7 Å². The van der Waals surface area contributed by atoms with Crippen molar-refractivity contribution in [3.8, 4) is 11.1 Å². The number of hydrogen-bond donors (Lipinski definition) is 1. The Balaban J connectivity index is 2.32. The molecule has 0 fully saturated rings. The van der Waals surface area contributed by atoms with Gasteiger partial charge >= 0.3 is 0 Å². The summed E-state index contributed by atoms with van der Waals surface area (Å²) in [5.74, 6) is 0.543. The second-order valence-electron chi connectivity index (χ2n) is 4.46. The molecule has 0 saturated heterocycles. The summed E-state index contributed by atoms with van der Waals surface area (Å²) < 4.78 is 14.7. The molecule has 2 aromatic heterocycles. The van der Waals surface area contributed by atoms with Crippen molar-refractivity contribution >= 4 is 22.4 Å². The lowest BCUT2D eigenvalue weighted by Crippen LogP contribution is -2.30. The maximum Gasteiger partial charge on any atom is 0.147 e. The van der Waals surface area contributed by atoms with Crippen molar-refractivity contribution in [1.29, 1.82) is 0 Å². The van der Waals surface area contributed by atoms with Crippen molar-refractivity contribution < 1.29 is 9.47 Å². The fraction of sp³-hybridized carbons (Fsp3) is 0.429. The number of rotatable bonds is 8. The average Bonchev–Trinajstić information content (AvgIpc) is 2.90. The third kappa shape index (κ3) is 3.90. The highest BCUT2D eigenvalue weighted by Crippen LogP contribution is 2.38. The highest BCUT2D eigenvalue weighted by molar-refractivity contribution is 7.11. The summed E-state index contributed by atoms with van der Waals surface area (Å²) >= 11 is 1.40. The Morgan fingerprint density at radius 2 is 1.76 bits per heavy atom. The number of hydrogen-bond acceptors (Lipinski definition) is 7. The van der Waals surface area contributed by atoms with E-state index in [1.807, 2.05) is 12.1 Å². The first-order valence-electron chi connectivity index (χ1n) is 6.66. The van der Waals surface area contributed by atoms with Crippen LogP contribution in [0.15, 0.2) is 24.5 Å². The van der Waals surface area contributed by atoms with Crippen LogP contribution in [0, 0.1) is 0 Å². The third-order valence-electron chi connectivity index (χ3n) is 3.09. The van der Waals surface area contributed by atoms with Crippen molar-refractivity contribution in [3.63, 3.8) is 0 Å². The van der Waals surface area contributed by atoms with E-state index in [0.717, 1.165) is 29.2 Å². The van der Waals surface area contributed by atoms with Crippen molar-refractivity contribution in [1.82, 2.24) is 9.36 Å². The zero-order chi connectivity index (χ0) is 15.1. The number of anilines is 2. The number of ether oxygens (including phenoxy) is 2. The summed E-state index contributed by atoms with van der Waals surface area (Å²) in [5.41, 5.74) is 8.03. The topological polar surface area (TPSA) is 73.5 Å².